The third kappa shape index (κ3) is 1.28. The molecule has 4 heteroatoms. The van der Waals surface area contributed by atoms with Crippen molar-refractivity contribution in [1.29, 1.82) is 0 Å². The van der Waals surface area contributed by atoms with Gasteiger partial charge in [0.25, 0.3) is 0 Å². The van der Waals surface area contributed by atoms with Crippen LogP contribution >= 0.6 is 0 Å². The molecule has 5 atom stereocenters. The normalized spacial score (nSPS) is 51.6. The van der Waals surface area contributed by atoms with Gasteiger partial charge in [-0.1, -0.05) is 18.2 Å². The third-order valence-corrected chi connectivity index (χ3v) is 5.71. The molecule has 1 N–H and O–H groups in total. The lowest BCUT2D eigenvalue weighted by atomic mass is 9.53. The fourth-order valence-electron chi connectivity index (χ4n) is 4.82. The van der Waals surface area contributed by atoms with Crippen LogP contribution in [0.1, 0.15) is 24.4 Å². The van der Waals surface area contributed by atoms with Crippen LogP contribution in [0, 0.1) is 5.92 Å². The van der Waals surface area contributed by atoms with Crippen LogP contribution < -0.4 is 9.47 Å². The highest BCUT2D eigenvalue weighted by molar-refractivity contribution is 5.62. The van der Waals surface area contributed by atoms with Gasteiger partial charge in [-0.25, -0.2) is 0 Å². The smallest absolute Gasteiger partial charge is 0.165 e. The van der Waals surface area contributed by atoms with Gasteiger partial charge < -0.3 is 19.5 Å². The van der Waals surface area contributed by atoms with E-state index >= 15 is 0 Å². The molecule has 1 spiro atoms. The average Bonchev–Trinajstić information content (AvgIpc) is 2.90. The maximum Gasteiger partial charge on any atom is 0.165 e. The molecule has 2 aliphatic carbocycles. The van der Waals surface area contributed by atoms with Crippen molar-refractivity contribution >= 4 is 0 Å². The van der Waals surface area contributed by atoms with E-state index in [1.54, 1.807) is 19.3 Å². The maximum absolute atomic E-state index is 10.8. The van der Waals surface area contributed by atoms with E-state index in [2.05, 4.69) is 0 Å². The van der Waals surface area contributed by atoms with E-state index in [-0.39, 0.29) is 13.0 Å². The quantitative estimate of drug-likeness (QED) is 0.799. The number of benzene rings is 1. The Balaban J connectivity index is 1.82. The number of ether oxygens (including phenoxy) is 2. The van der Waals surface area contributed by atoms with Crippen LogP contribution in [0.15, 0.2) is 24.3 Å². The zero-order valence-electron chi connectivity index (χ0n) is 17.3. The van der Waals surface area contributed by atoms with Crippen LogP contribution in [0.25, 0.3) is 0 Å². The van der Waals surface area contributed by atoms with Crippen molar-refractivity contribution in [2.24, 2.45) is 5.92 Å². The monoisotopic (exact) mass is 304 g/mol. The molecule has 1 fully saturated rings. The number of rotatable bonds is 1. The summed E-state index contributed by atoms with van der Waals surface area (Å²) in [5.41, 5.74) is 0.895. The molecule has 22 heavy (non-hydrogen) atoms. The van der Waals surface area contributed by atoms with Crippen molar-refractivity contribution in [1.82, 2.24) is 4.90 Å². The topological polar surface area (TPSA) is 41.9 Å². The number of piperidine rings is 1. The molecule has 1 aromatic carbocycles. The van der Waals surface area contributed by atoms with Gasteiger partial charge in [0, 0.05) is 28.4 Å². The zero-order valence-corrected chi connectivity index (χ0v) is 12.3. The molecular weight excluding hydrogens is 278 g/mol. The molecule has 0 aromatic heterocycles. The highest BCUT2D eigenvalue weighted by Gasteiger charge is 2.64. The number of likely N-dealkylation sites (tertiary alicyclic amines) is 1. The molecule has 1 aromatic rings. The van der Waals surface area contributed by atoms with E-state index in [0.717, 1.165) is 11.1 Å². The Morgan fingerprint density at radius 3 is 3.23 bits per heavy atom. The maximum atomic E-state index is 10.8. The van der Waals surface area contributed by atoms with Gasteiger partial charge in [0.2, 0.25) is 0 Å². The molecule has 0 saturated carbocycles. The van der Waals surface area contributed by atoms with Crippen molar-refractivity contribution < 1.29 is 21.4 Å². The minimum absolute atomic E-state index is 0.177. The first-order chi connectivity index (χ1) is 12.6. The lowest BCUT2D eigenvalue weighted by molar-refractivity contribution is -0.0453. The average molecular weight is 304 g/mol. The van der Waals surface area contributed by atoms with Gasteiger partial charge in [-0.15, -0.1) is 0 Å². The number of likely N-dealkylation sites (N-methyl/N-ethyl adjacent to an activating group) is 1. The minimum Gasteiger partial charge on any atom is -0.493 e. The van der Waals surface area contributed by atoms with Crippen LogP contribution in [0.4, 0.5) is 0 Å². The number of methoxy groups -OCH3 is 1. The Morgan fingerprint density at radius 1 is 1.50 bits per heavy atom. The van der Waals surface area contributed by atoms with E-state index in [9.17, 15) is 6.48 Å². The van der Waals surface area contributed by atoms with Gasteiger partial charge in [-0.3, -0.25) is 0 Å². The van der Waals surface area contributed by atoms with Gasteiger partial charge in [-0.2, -0.15) is 0 Å². The van der Waals surface area contributed by atoms with E-state index < -0.39 is 36.5 Å². The molecule has 2 unspecified atom stereocenters. The molecule has 4 nitrogen and oxygen atoms in total. The molecular formula is C18H21NO3. The van der Waals surface area contributed by atoms with Gasteiger partial charge >= 0.3 is 0 Å². The van der Waals surface area contributed by atoms with Crippen molar-refractivity contribution in [2.45, 2.75) is 36.5 Å². The van der Waals surface area contributed by atoms with Crippen molar-refractivity contribution in [2.75, 3.05) is 20.6 Å². The summed E-state index contributed by atoms with van der Waals surface area (Å²) >= 11 is 0. The molecule has 0 radical (unpaired) electrons. The number of hydrogen-bond acceptors (Lipinski definition) is 4. The zero-order chi connectivity index (χ0) is 19.4. The molecule has 5 rings (SSSR count). The molecule has 2 bridgehead atoms. The lowest BCUT2D eigenvalue weighted by Crippen LogP contribution is -2.64. The lowest BCUT2D eigenvalue weighted by Gasteiger charge is -2.56. The number of hydrogen-bond donors (Lipinski definition) is 1. The van der Waals surface area contributed by atoms with E-state index in [1.165, 1.54) is 11.0 Å². The number of aliphatic hydroxyl groups is 1. The summed E-state index contributed by atoms with van der Waals surface area (Å²) in [5.74, 6) is 0.544. The first kappa shape index (κ1) is 8.94. The van der Waals surface area contributed by atoms with Crippen LogP contribution in [0.5, 0.6) is 11.5 Å². The van der Waals surface area contributed by atoms with Gasteiger partial charge in [0.05, 0.1) is 8.48 Å². The fraction of sp³-hybridized carbons (Fsp3) is 0.556. The predicted molar refractivity (Wildman–Crippen MR) is 82.5 cm³/mol. The van der Waals surface area contributed by atoms with Crippen LogP contribution in [0.2, 0.25) is 0 Å². The van der Waals surface area contributed by atoms with E-state index in [4.69, 9.17) is 15.0 Å². The summed E-state index contributed by atoms with van der Waals surface area (Å²) in [6.07, 6.45) is 0.763. The third-order valence-electron chi connectivity index (χ3n) is 5.71. The standard InChI is InChI=1S/C18H21NO3/c1-19-8-7-18-11-4-5-13(20)17(18)22-16-14(21-2)6-3-10(15(16)18)9-12(11)19/h3-6,11-13,17,20H,7-9H2,1-2H3/t11-,12+,13?,17?,18-/m0/s1/i1D3,12D,13D. The molecule has 0 amide bonds. The minimum atomic E-state index is -2.40. The Kier molecular flexibility index (Phi) is 1.65. The van der Waals surface area contributed by atoms with Crippen LogP contribution in [0.3, 0.4) is 0 Å². The highest BCUT2D eigenvalue weighted by Crippen LogP contribution is 2.62. The summed E-state index contributed by atoms with van der Waals surface area (Å²) in [4.78, 5) is 1.29. The molecule has 116 valence electrons. The highest BCUT2D eigenvalue weighted by atomic mass is 16.5. The Labute approximate surface area is 137 Å². The summed E-state index contributed by atoms with van der Waals surface area (Å²) < 4.78 is 53.1. The molecule has 2 heterocycles. The van der Waals surface area contributed by atoms with Crippen molar-refractivity contribution in [3.8, 4) is 11.5 Å². The second-order valence-corrected chi connectivity index (χ2v) is 6.50. The van der Waals surface area contributed by atoms with Crippen LogP contribution in [-0.4, -0.2) is 48.8 Å². The second kappa shape index (κ2) is 4.06. The van der Waals surface area contributed by atoms with E-state index in [1.807, 2.05) is 6.07 Å². The summed E-state index contributed by atoms with van der Waals surface area (Å²) in [6, 6.07) is 2.20. The Hall–Kier alpha value is -1.52. The first-order valence-corrected chi connectivity index (χ1v) is 7.62. The summed E-state index contributed by atoms with van der Waals surface area (Å²) in [6.45, 7) is -2.22. The van der Waals surface area contributed by atoms with Crippen molar-refractivity contribution in [3.63, 3.8) is 0 Å². The molecule has 4 aliphatic rings. The predicted octanol–water partition coefficient (Wildman–Crippen LogP) is 1.50. The Bertz CT molecular complexity index is 869. The first-order valence-electron chi connectivity index (χ1n) is 10.1. The molecule has 2 aliphatic heterocycles. The Morgan fingerprint density at radius 2 is 2.41 bits per heavy atom. The largest absolute Gasteiger partial charge is 0.493 e. The van der Waals surface area contributed by atoms with Gasteiger partial charge in [0.1, 0.15) is 12.2 Å². The number of nitrogens with zero attached hydrogens (tertiary/aromatic N) is 1. The second-order valence-electron chi connectivity index (χ2n) is 6.50. The summed E-state index contributed by atoms with van der Waals surface area (Å²) in [7, 11) is 1.54. The van der Waals surface area contributed by atoms with Gasteiger partial charge in [0.15, 0.2) is 11.5 Å². The van der Waals surface area contributed by atoms with Crippen LogP contribution in [-0.2, 0) is 11.8 Å². The molecule has 1 saturated heterocycles. The fourth-order valence-corrected chi connectivity index (χ4v) is 4.82. The van der Waals surface area contributed by atoms with Crippen molar-refractivity contribution in [3.05, 3.63) is 35.4 Å². The SMILES string of the molecule is [2H]C1(O)C=C[C@@H]2[C@@]34CCN(C([2H])([2H])[2H])[C@]2([2H])Cc2ccc(OC)c(c23)OC14. The van der Waals surface area contributed by atoms with Gasteiger partial charge in [-0.05, 0) is 38.0 Å². The van der Waals surface area contributed by atoms with E-state index in [0.29, 0.717) is 17.9 Å². The summed E-state index contributed by atoms with van der Waals surface area (Å²) in [5, 5.41) is 10.8.